The van der Waals surface area contributed by atoms with Crippen LogP contribution in [0.25, 0.3) is 22.2 Å². The summed E-state index contributed by atoms with van der Waals surface area (Å²) in [7, 11) is 0. The van der Waals surface area contributed by atoms with Gasteiger partial charge in [-0.25, -0.2) is 9.78 Å². The van der Waals surface area contributed by atoms with E-state index in [0.29, 0.717) is 37.2 Å². The molecular formula is C32H31N5O3. The Balaban J connectivity index is 1.48. The number of aromatic nitrogens is 1. The molecule has 8 heteroatoms. The first kappa shape index (κ1) is 25.6. The minimum atomic E-state index is -0.923. The second-order valence-electron chi connectivity index (χ2n) is 10.4. The molecule has 4 amide bonds. The van der Waals surface area contributed by atoms with Gasteiger partial charge in [0, 0.05) is 24.0 Å². The van der Waals surface area contributed by atoms with E-state index in [1.807, 2.05) is 84.9 Å². The molecule has 2 aliphatic heterocycles. The molecule has 3 aromatic carbocycles. The van der Waals surface area contributed by atoms with E-state index in [-0.39, 0.29) is 17.9 Å². The minimum Gasteiger partial charge on any atom is -0.369 e. The van der Waals surface area contributed by atoms with Crippen molar-refractivity contribution in [1.82, 2.24) is 20.9 Å². The molecule has 0 aliphatic carbocycles. The van der Waals surface area contributed by atoms with Crippen molar-refractivity contribution >= 4 is 34.4 Å². The molecule has 6 rings (SSSR count). The van der Waals surface area contributed by atoms with Gasteiger partial charge >= 0.3 is 6.03 Å². The second-order valence-corrected chi connectivity index (χ2v) is 10.4. The maximum absolute atomic E-state index is 14.3. The lowest BCUT2D eigenvalue weighted by Gasteiger charge is -2.39. The molecule has 1 atom stereocenters. The predicted octanol–water partition coefficient (Wildman–Crippen LogP) is 4.96. The second kappa shape index (κ2) is 10.4. The number of fused-ring (bicyclic) bond motifs is 1. The Morgan fingerprint density at radius 1 is 0.950 bits per heavy atom. The number of amides is 4. The van der Waals surface area contributed by atoms with Crippen LogP contribution in [0, 0.1) is 0 Å². The Labute approximate surface area is 232 Å². The lowest BCUT2D eigenvalue weighted by atomic mass is 9.86. The molecule has 1 spiro atoms. The van der Waals surface area contributed by atoms with Crippen molar-refractivity contribution in [1.29, 1.82) is 0 Å². The number of hydrogen-bond donors (Lipinski definition) is 3. The van der Waals surface area contributed by atoms with Crippen molar-refractivity contribution in [3.8, 4) is 11.3 Å². The molecule has 8 nitrogen and oxygen atoms in total. The van der Waals surface area contributed by atoms with Gasteiger partial charge in [0.15, 0.2) is 0 Å². The molecular weight excluding hydrogens is 502 g/mol. The molecule has 2 fully saturated rings. The van der Waals surface area contributed by atoms with Gasteiger partial charge < -0.3 is 15.5 Å². The molecule has 0 radical (unpaired) electrons. The van der Waals surface area contributed by atoms with Crippen molar-refractivity contribution in [3.05, 3.63) is 96.1 Å². The van der Waals surface area contributed by atoms with Crippen molar-refractivity contribution in [3.63, 3.8) is 0 Å². The Kier molecular flexibility index (Phi) is 6.67. The summed E-state index contributed by atoms with van der Waals surface area (Å²) in [6.45, 7) is 3.01. The number of hydrogen-bond acceptors (Lipinski definition) is 5. The van der Waals surface area contributed by atoms with Crippen LogP contribution in [0.4, 0.5) is 10.5 Å². The lowest BCUT2D eigenvalue weighted by Crippen LogP contribution is -2.55. The zero-order valence-corrected chi connectivity index (χ0v) is 22.3. The smallest absolute Gasteiger partial charge is 0.322 e. The van der Waals surface area contributed by atoms with E-state index in [9.17, 15) is 14.4 Å². The molecule has 0 unspecified atom stereocenters. The van der Waals surface area contributed by atoms with Gasteiger partial charge in [-0.3, -0.25) is 14.9 Å². The lowest BCUT2D eigenvalue weighted by molar-refractivity contribution is -0.124. The van der Waals surface area contributed by atoms with E-state index in [1.165, 1.54) is 0 Å². The number of urea groups is 1. The van der Waals surface area contributed by atoms with Crippen LogP contribution in [0.3, 0.4) is 0 Å². The van der Waals surface area contributed by atoms with Gasteiger partial charge in [0.25, 0.3) is 11.8 Å². The zero-order chi connectivity index (χ0) is 27.7. The highest BCUT2D eigenvalue weighted by Gasteiger charge is 2.48. The quantitative estimate of drug-likeness (QED) is 0.304. The number of benzene rings is 3. The van der Waals surface area contributed by atoms with Crippen LogP contribution in [0.1, 0.15) is 48.1 Å². The summed E-state index contributed by atoms with van der Waals surface area (Å²) in [6.07, 6.45) is 1.59. The molecule has 1 aromatic heterocycles. The zero-order valence-electron chi connectivity index (χ0n) is 22.3. The third-order valence-electron chi connectivity index (χ3n) is 8.00. The SMILES string of the molecule is CC[C@H](NC(=O)c1c(N2CCC3(CC2)NC(=O)NC3=O)c(-c2ccccc2)nc2ccccc12)c1ccccc1. The van der Waals surface area contributed by atoms with Gasteiger partial charge in [-0.2, -0.15) is 0 Å². The topological polar surface area (TPSA) is 103 Å². The number of anilines is 1. The van der Waals surface area contributed by atoms with Crippen molar-refractivity contribution < 1.29 is 14.4 Å². The number of imide groups is 1. The average Bonchev–Trinajstić information content (AvgIpc) is 3.27. The van der Waals surface area contributed by atoms with Crippen molar-refractivity contribution in [2.75, 3.05) is 18.0 Å². The molecule has 3 N–H and O–H groups in total. The number of nitrogens with zero attached hydrogens (tertiary/aromatic N) is 2. The maximum atomic E-state index is 14.3. The van der Waals surface area contributed by atoms with Gasteiger partial charge in [0.1, 0.15) is 5.54 Å². The number of carbonyl (C=O) groups excluding carboxylic acids is 3. The first-order chi connectivity index (χ1) is 19.5. The molecule has 3 heterocycles. The fraction of sp³-hybridized carbons (Fsp3) is 0.250. The van der Waals surface area contributed by atoms with E-state index in [1.54, 1.807) is 0 Å². The van der Waals surface area contributed by atoms with Gasteiger partial charge in [-0.1, -0.05) is 85.8 Å². The van der Waals surface area contributed by atoms with Crippen molar-refractivity contribution in [2.24, 2.45) is 0 Å². The van der Waals surface area contributed by atoms with Crippen LogP contribution < -0.4 is 20.9 Å². The molecule has 40 heavy (non-hydrogen) atoms. The highest BCUT2D eigenvalue weighted by molar-refractivity contribution is 6.14. The summed E-state index contributed by atoms with van der Waals surface area (Å²) in [5.41, 5.74) is 3.78. The fourth-order valence-corrected chi connectivity index (χ4v) is 5.87. The van der Waals surface area contributed by atoms with E-state index in [2.05, 4.69) is 27.8 Å². The highest BCUT2D eigenvalue weighted by atomic mass is 16.2. The third kappa shape index (κ3) is 4.55. The molecule has 2 saturated heterocycles. The number of carbonyl (C=O) groups is 3. The first-order valence-electron chi connectivity index (χ1n) is 13.7. The number of nitrogens with one attached hydrogen (secondary N) is 3. The van der Waals surface area contributed by atoms with Crippen LogP contribution in [-0.4, -0.2) is 41.5 Å². The van der Waals surface area contributed by atoms with Gasteiger partial charge in [-0.05, 0) is 30.9 Å². The van der Waals surface area contributed by atoms with Crippen LogP contribution in [-0.2, 0) is 4.79 Å². The summed E-state index contributed by atoms with van der Waals surface area (Å²) < 4.78 is 0. The molecule has 0 bridgehead atoms. The van der Waals surface area contributed by atoms with E-state index in [4.69, 9.17) is 4.98 Å². The third-order valence-corrected chi connectivity index (χ3v) is 8.00. The molecule has 4 aromatic rings. The van der Waals surface area contributed by atoms with Gasteiger partial charge in [-0.15, -0.1) is 0 Å². The number of rotatable bonds is 6. The normalized spacial score (nSPS) is 17.0. The first-order valence-corrected chi connectivity index (χ1v) is 13.7. The molecule has 0 saturated carbocycles. The summed E-state index contributed by atoms with van der Waals surface area (Å²) in [5.74, 6) is -0.461. The highest BCUT2D eigenvalue weighted by Crippen LogP contribution is 2.40. The summed E-state index contributed by atoms with van der Waals surface area (Å²) in [4.78, 5) is 46.1. The van der Waals surface area contributed by atoms with E-state index < -0.39 is 11.6 Å². The predicted molar refractivity (Wildman–Crippen MR) is 155 cm³/mol. The maximum Gasteiger partial charge on any atom is 0.322 e. The van der Waals surface area contributed by atoms with Crippen LogP contribution in [0.15, 0.2) is 84.9 Å². The van der Waals surface area contributed by atoms with E-state index in [0.717, 1.165) is 34.1 Å². The Bertz CT molecular complexity index is 1580. The Morgan fingerprint density at radius 3 is 2.25 bits per heavy atom. The number of piperidine rings is 1. The minimum absolute atomic E-state index is 0.157. The van der Waals surface area contributed by atoms with Crippen LogP contribution >= 0.6 is 0 Å². The Morgan fingerprint density at radius 2 is 1.60 bits per heavy atom. The van der Waals surface area contributed by atoms with Crippen molar-refractivity contribution in [2.45, 2.75) is 37.8 Å². The fourth-order valence-electron chi connectivity index (χ4n) is 5.87. The number of para-hydroxylation sites is 1. The van der Waals surface area contributed by atoms with Crippen LogP contribution in [0.5, 0.6) is 0 Å². The standard InChI is InChI=1S/C32H31N5O3/c1-2-24(21-11-5-3-6-12-21)34-29(38)26-23-15-9-10-16-25(23)33-27(22-13-7-4-8-14-22)28(26)37-19-17-32(18-20-37)30(39)35-31(40)36-32/h3-16,24H,2,17-20H2,1H3,(H,34,38)(H2,35,36,39,40)/t24-/m0/s1. The monoisotopic (exact) mass is 533 g/mol. The molecule has 202 valence electrons. The van der Waals surface area contributed by atoms with Gasteiger partial charge in [0.2, 0.25) is 0 Å². The van der Waals surface area contributed by atoms with E-state index >= 15 is 0 Å². The van der Waals surface area contributed by atoms with Gasteiger partial charge in [0.05, 0.1) is 28.5 Å². The van der Waals surface area contributed by atoms with Crippen LogP contribution in [0.2, 0.25) is 0 Å². The summed E-state index contributed by atoms with van der Waals surface area (Å²) >= 11 is 0. The Hall–Kier alpha value is -4.72. The summed E-state index contributed by atoms with van der Waals surface area (Å²) in [6, 6.07) is 27.0. The average molecular weight is 534 g/mol. The number of pyridine rings is 1. The largest absolute Gasteiger partial charge is 0.369 e. The summed E-state index contributed by atoms with van der Waals surface area (Å²) in [5, 5.41) is 9.28. The molecule has 2 aliphatic rings.